The van der Waals surface area contributed by atoms with Gasteiger partial charge in [-0.3, -0.25) is 0 Å². The zero-order valence-corrected chi connectivity index (χ0v) is 11.8. The van der Waals surface area contributed by atoms with E-state index in [0.717, 1.165) is 17.0 Å². The molecule has 0 amide bonds. The number of hydrogen-bond donors (Lipinski definition) is 1. The lowest BCUT2D eigenvalue weighted by Crippen LogP contribution is -2.13. The SMILES string of the molecule is C=C(C)COCCNc1nc(C)cc(C(C)C)n1. The second kappa shape index (κ2) is 7.11. The second-order valence-electron chi connectivity index (χ2n) is 4.85. The minimum absolute atomic E-state index is 0.409. The van der Waals surface area contributed by atoms with Crippen LogP contribution in [0.1, 0.15) is 38.1 Å². The van der Waals surface area contributed by atoms with Crippen LogP contribution in [0.2, 0.25) is 0 Å². The number of rotatable bonds is 7. The first-order valence-corrected chi connectivity index (χ1v) is 6.30. The van der Waals surface area contributed by atoms with Crippen LogP contribution < -0.4 is 5.32 Å². The van der Waals surface area contributed by atoms with Gasteiger partial charge in [0.15, 0.2) is 0 Å². The third kappa shape index (κ3) is 5.27. The molecule has 0 saturated carbocycles. The van der Waals surface area contributed by atoms with Crippen LogP contribution in [0.4, 0.5) is 5.95 Å². The molecule has 0 aromatic carbocycles. The summed E-state index contributed by atoms with van der Waals surface area (Å²) in [7, 11) is 0. The Bertz CT molecular complexity index is 402. The fourth-order valence-electron chi connectivity index (χ4n) is 1.45. The topological polar surface area (TPSA) is 47.0 Å². The van der Waals surface area contributed by atoms with Crippen molar-refractivity contribution in [2.24, 2.45) is 0 Å². The summed E-state index contributed by atoms with van der Waals surface area (Å²) in [6.07, 6.45) is 0. The van der Waals surface area contributed by atoms with Gasteiger partial charge in [0, 0.05) is 17.9 Å². The van der Waals surface area contributed by atoms with E-state index in [2.05, 4.69) is 35.7 Å². The fraction of sp³-hybridized carbons (Fsp3) is 0.571. The number of anilines is 1. The smallest absolute Gasteiger partial charge is 0.223 e. The Morgan fingerprint density at radius 2 is 2.17 bits per heavy atom. The Morgan fingerprint density at radius 3 is 2.78 bits per heavy atom. The van der Waals surface area contributed by atoms with Gasteiger partial charge < -0.3 is 10.1 Å². The first-order valence-electron chi connectivity index (χ1n) is 6.30. The Balaban J connectivity index is 2.44. The normalized spacial score (nSPS) is 10.7. The van der Waals surface area contributed by atoms with E-state index in [1.54, 1.807) is 0 Å². The molecule has 4 nitrogen and oxygen atoms in total. The molecular weight excluding hydrogens is 226 g/mol. The minimum Gasteiger partial charge on any atom is -0.375 e. The van der Waals surface area contributed by atoms with Gasteiger partial charge in [-0.25, -0.2) is 9.97 Å². The van der Waals surface area contributed by atoms with Crippen molar-refractivity contribution in [1.29, 1.82) is 0 Å². The van der Waals surface area contributed by atoms with E-state index in [1.165, 1.54) is 0 Å². The summed E-state index contributed by atoms with van der Waals surface area (Å²) in [5.74, 6) is 1.09. The molecule has 0 aliphatic heterocycles. The maximum Gasteiger partial charge on any atom is 0.223 e. The monoisotopic (exact) mass is 249 g/mol. The zero-order valence-electron chi connectivity index (χ0n) is 11.8. The molecule has 1 heterocycles. The number of nitrogens with one attached hydrogen (secondary N) is 1. The number of aromatic nitrogens is 2. The van der Waals surface area contributed by atoms with Crippen LogP contribution in [0.25, 0.3) is 0 Å². The number of hydrogen-bond acceptors (Lipinski definition) is 4. The Labute approximate surface area is 109 Å². The van der Waals surface area contributed by atoms with Gasteiger partial charge in [-0.1, -0.05) is 26.0 Å². The molecule has 18 heavy (non-hydrogen) atoms. The summed E-state index contributed by atoms with van der Waals surface area (Å²) in [6.45, 7) is 13.9. The molecule has 1 aromatic rings. The summed E-state index contributed by atoms with van der Waals surface area (Å²) in [5, 5.41) is 3.18. The van der Waals surface area contributed by atoms with E-state index < -0.39 is 0 Å². The van der Waals surface area contributed by atoms with Crippen LogP contribution in [-0.2, 0) is 4.74 Å². The summed E-state index contributed by atoms with van der Waals surface area (Å²) in [5.41, 5.74) is 3.08. The highest BCUT2D eigenvalue weighted by Crippen LogP contribution is 2.14. The van der Waals surface area contributed by atoms with Crippen molar-refractivity contribution in [2.45, 2.75) is 33.6 Å². The van der Waals surface area contributed by atoms with Crippen molar-refractivity contribution in [1.82, 2.24) is 9.97 Å². The van der Waals surface area contributed by atoms with Crippen molar-refractivity contribution in [3.05, 3.63) is 29.6 Å². The molecule has 0 aliphatic rings. The molecular formula is C14H23N3O. The molecule has 1 rings (SSSR count). The molecule has 100 valence electrons. The zero-order chi connectivity index (χ0) is 13.5. The Kier molecular flexibility index (Phi) is 5.78. The maximum absolute atomic E-state index is 5.41. The van der Waals surface area contributed by atoms with Crippen LogP contribution in [0.5, 0.6) is 0 Å². The first-order chi connectivity index (χ1) is 8.49. The van der Waals surface area contributed by atoms with Crippen LogP contribution in [-0.4, -0.2) is 29.7 Å². The summed E-state index contributed by atoms with van der Waals surface area (Å²) in [6, 6.07) is 2.02. The molecule has 0 aliphatic carbocycles. The maximum atomic E-state index is 5.41. The van der Waals surface area contributed by atoms with Gasteiger partial charge >= 0.3 is 0 Å². The largest absolute Gasteiger partial charge is 0.375 e. The van der Waals surface area contributed by atoms with Gasteiger partial charge in [-0.15, -0.1) is 0 Å². The summed E-state index contributed by atoms with van der Waals surface area (Å²) in [4.78, 5) is 8.82. The Hall–Kier alpha value is -1.42. The third-order valence-electron chi connectivity index (χ3n) is 2.34. The van der Waals surface area contributed by atoms with Crippen molar-refractivity contribution < 1.29 is 4.74 Å². The lowest BCUT2D eigenvalue weighted by molar-refractivity contribution is 0.167. The van der Waals surface area contributed by atoms with E-state index in [-0.39, 0.29) is 0 Å². The lowest BCUT2D eigenvalue weighted by atomic mass is 10.1. The summed E-state index contributed by atoms with van der Waals surface area (Å²) >= 11 is 0. The molecule has 0 radical (unpaired) electrons. The molecule has 0 bridgehead atoms. The average molecular weight is 249 g/mol. The highest BCUT2D eigenvalue weighted by atomic mass is 16.5. The second-order valence-corrected chi connectivity index (χ2v) is 4.85. The molecule has 1 aromatic heterocycles. The van der Waals surface area contributed by atoms with Crippen molar-refractivity contribution >= 4 is 5.95 Å². The minimum atomic E-state index is 0.409. The predicted octanol–water partition coefficient (Wildman–Crippen LogP) is 2.91. The van der Waals surface area contributed by atoms with Crippen LogP contribution in [0, 0.1) is 6.92 Å². The van der Waals surface area contributed by atoms with E-state index in [4.69, 9.17) is 4.74 Å². The quantitative estimate of drug-likeness (QED) is 0.596. The lowest BCUT2D eigenvalue weighted by Gasteiger charge is -2.10. The van der Waals surface area contributed by atoms with Gasteiger partial charge in [-0.05, 0) is 25.8 Å². The molecule has 0 saturated heterocycles. The van der Waals surface area contributed by atoms with Gasteiger partial charge in [0.2, 0.25) is 5.95 Å². The molecule has 0 fully saturated rings. The highest BCUT2D eigenvalue weighted by molar-refractivity contribution is 5.28. The molecule has 0 atom stereocenters. The van der Waals surface area contributed by atoms with Crippen molar-refractivity contribution in [3.63, 3.8) is 0 Å². The van der Waals surface area contributed by atoms with E-state index >= 15 is 0 Å². The Morgan fingerprint density at radius 1 is 1.44 bits per heavy atom. The van der Waals surface area contributed by atoms with Gasteiger partial charge in [0.05, 0.1) is 13.2 Å². The number of ether oxygens (including phenoxy) is 1. The van der Waals surface area contributed by atoms with Crippen LogP contribution >= 0.6 is 0 Å². The van der Waals surface area contributed by atoms with E-state index in [1.807, 2.05) is 19.9 Å². The molecule has 4 heteroatoms. The summed E-state index contributed by atoms with van der Waals surface area (Å²) < 4.78 is 5.41. The first kappa shape index (κ1) is 14.6. The van der Waals surface area contributed by atoms with Crippen molar-refractivity contribution in [3.8, 4) is 0 Å². The van der Waals surface area contributed by atoms with Gasteiger partial charge in [0.1, 0.15) is 0 Å². The third-order valence-corrected chi connectivity index (χ3v) is 2.34. The highest BCUT2D eigenvalue weighted by Gasteiger charge is 2.05. The van der Waals surface area contributed by atoms with E-state index in [9.17, 15) is 0 Å². The molecule has 0 spiro atoms. The fourth-order valence-corrected chi connectivity index (χ4v) is 1.45. The van der Waals surface area contributed by atoms with E-state index in [0.29, 0.717) is 31.6 Å². The molecule has 1 N–H and O–H groups in total. The van der Waals surface area contributed by atoms with Crippen molar-refractivity contribution in [2.75, 3.05) is 25.1 Å². The number of aryl methyl sites for hydroxylation is 1. The number of nitrogens with zero attached hydrogens (tertiary/aromatic N) is 2. The molecule has 0 unspecified atom stereocenters. The van der Waals surface area contributed by atoms with Crippen LogP contribution in [0.3, 0.4) is 0 Å². The standard InChI is InChI=1S/C14H23N3O/c1-10(2)9-18-7-6-15-14-16-12(5)8-13(17-14)11(3)4/h8,11H,1,6-7,9H2,2-5H3,(H,15,16,17). The van der Waals surface area contributed by atoms with Gasteiger partial charge in [-0.2, -0.15) is 0 Å². The predicted molar refractivity (Wildman–Crippen MR) is 75.0 cm³/mol. The average Bonchev–Trinajstić information content (AvgIpc) is 2.27. The van der Waals surface area contributed by atoms with Crippen LogP contribution in [0.15, 0.2) is 18.2 Å². The van der Waals surface area contributed by atoms with Gasteiger partial charge in [0.25, 0.3) is 0 Å².